The lowest BCUT2D eigenvalue weighted by Crippen LogP contribution is -2.66. The number of morpholine rings is 1. The van der Waals surface area contributed by atoms with Crippen molar-refractivity contribution < 1.29 is 14.3 Å². The number of likely N-dealkylation sites (tertiary alicyclic amines) is 1. The molecular weight excluding hydrogens is 422 g/mol. The summed E-state index contributed by atoms with van der Waals surface area (Å²) in [5, 5.41) is 3.14. The largest absolute Gasteiger partial charge is 0.378 e. The molecular formula is C25H29N3O3S. The highest BCUT2D eigenvalue weighted by Crippen LogP contribution is 2.46. The van der Waals surface area contributed by atoms with Gasteiger partial charge in [-0.05, 0) is 54.2 Å². The van der Waals surface area contributed by atoms with E-state index in [1.807, 2.05) is 59.1 Å². The Kier molecular flexibility index (Phi) is 6.11. The lowest BCUT2D eigenvalue weighted by molar-refractivity contribution is -0.164. The smallest absolute Gasteiger partial charge is 0.250 e. The molecule has 6 nitrogen and oxygen atoms in total. The van der Waals surface area contributed by atoms with Crippen molar-refractivity contribution in [1.29, 1.82) is 0 Å². The van der Waals surface area contributed by atoms with Crippen molar-refractivity contribution >= 4 is 35.0 Å². The number of carbonyl (C=O) groups is 2. The van der Waals surface area contributed by atoms with E-state index in [0.717, 1.165) is 54.7 Å². The van der Waals surface area contributed by atoms with E-state index in [9.17, 15) is 9.59 Å². The summed E-state index contributed by atoms with van der Waals surface area (Å²) in [6.07, 6.45) is 1.84. The average molecular weight is 452 g/mol. The molecule has 3 saturated heterocycles. The summed E-state index contributed by atoms with van der Waals surface area (Å²) >= 11 is 1.86. The minimum Gasteiger partial charge on any atom is -0.378 e. The predicted molar refractivity (Wildman–Crippen MR) is 128 cm³/mol. The molecule has 1 unspecified atom stereocenters. The number of anilines is 2. The average Bonchev–Trinajstić information content (AvgIpc) is 2.84. The van der Waals surface area contributed by atoms with E-state index >= 15 is 0 Å². The molecule has 1 atom stereocenters. The number of amides is 2. The molecule has 0 aliphatic carbocycles. The Hall–Kier alpha value is -2.51. The standard InChI is InChI=1S/C25H29N3O3S/c29-23-18-22(19-4-2-1-3-5-19)28(23)25(10-16-32-17-11-25)24(30)26-20-6-8-21(9-7-20)27-12-14-31-15-13-27/h1-9,22H,10-18H2,(H,26,30). The number of ether oxygens (including phenoxy) is 1. The normalized spacial score (nSPS) is 22.9. The molecule has 2 aromatic carbocycles. The maximum absolute atomic E-state index is 13.7. The molecule has 0 bridgehead atoms. The van der Waals surface area contributed by atoms with Crippen LogP contribution < -0.4 is 10.2 Å². The van der Waals surface area contributed by atoms with Gasteiger partial charge in [-0.3, -0.25) is 9.59 Å². The van der Waals surface area contributed by atoms with Crippen molar-refractivity contribution in [2.24, 2.45) is 0 Å². The van der Waals surface area contributed by atoms with E-state index in [4.69, 9.17) is 4.74 Å². The topological polar surface area (TPSA) is 61.9 Å². The van der Waals surface area contributed by atoms with Crippen molar-refractivity contribution in [3.63, 3.8) is 0 Å². The van der Waals surface area contributed by atoms with Crippen molar-refractivity contribution in [3.8, 4) is 0 Å². The number of hydrogen-bond acceptors (Lipinski definition) is 5. The van der Waals surface area contributed by atoms with Crippen molar-refractivity contribution in [2.45, 2.75) is 30.8 Å². The van der Waals surface area contributed by atoms with Gasteiger partial charge in [-0.25, -0.2) is 0 Å². The zero-order valence-corrected chi connectivity index (χ0v) is 19.0. The molecule has 1 N–H and O–H groups in total. The number of benzene rings is 2. The number of carbonyl (C=O) groups excluding carboxylic acids is 2. The monoisotopic (exact) mass is 451 g/mol. The van der Waals surface area contributed by atoms with Crippen LogP contribution in [0.4, 0.5) is 11.4 Å². The van der Waals surface area contributed by atoms with E-state index in [1.165, 1.54) is 0 Å². The van der Waals surface area contributed by atoms with E-state index < -0.39 is 5.54 Å². The van der Waals surface area contributed by atoms with Crippen LogP contribution >= 0.6 is 11.8 Å². The van der Waals surface area contributed by atoms with Gasteiger partial charge >= 0.3 is 0 Å². The number of hydrogen-bond donors (Lipinski definition) is 1. The summed E-state index contributed by atoms with van der Waals surface area (Å²) in [5.74, 6) is 1.78. The second kappa shape index (κ2) is 9.16. The molecule has 7 heteroatoms. The molecule has 32 heavy (non-hydrogen) atoms. The molecule has 0 saturated carbocycles. The highest BCUT2D eigenvalue weighted by Gasteiger charge is 2.55. The summed E-state index contributed by atoms with van der Waals surface area (Å²) in [5.41, 5.74) is 2.22. The molecule has 3 fully saturated rings. The maximum Gasteiger partial charge on any atom is 0.250 e. The van der Waals surface area contributed by atoms with Crippen LogP contribution in [-0.4, -0.2) is 60.1 Å². The fourth-order valence-corrected chi connectivity index (χ4v) is 6.17. The summed E-state index contributed by atoms with van der Waals surface area (Å²) in [6.45, 7) is 3.24. The van der Waals surface area contributed by atoms with E-state index in [2.05, 4.69) is 22.3 Å². The Labute approximate surface area is 193 Å². The summed E-state index contributed by atoms with van der Waals surface area (Å²) in [4.78, 5) is 30.7. The first-order valence-electron chi connectivity index (χ1n) is 11.4. The minimum atomic E-state index is -0.788. The van der Waals surface area contributed by atoms with E-state index in [-0.39, 0.29) is 17.9 Å². The van der Waals surface area contributed by atoms with Gasteiger partial charge in [0.25, 0.3) is 0 Å². The van der Waals surface area contributed by atoms with Gasteiger partial charge in [0, 0.05) is 24.5 Å². The second-order valence-corrected chi connectivity index (χ2v) is 9.86. The summed E-state index contributed by atoms with van der Waals surface area (Å²) < 4.78 is 5.43. The first kappa shape index (κ1) is 21.3. The van der Waals surface area contributed by atoms with Crippen LogP contribution in [0.2, 0.25) is 0 Å². The molecule has 0 radical (unpaired) electrons. The van der Waals surface area contributed by atoms with Gasteiger partial charge < -0.3 is 19.9 Å². The fraction of sp³-hybridized carbons (Fsp3) is 0.440. The van der Waals surface area contributed by atoms with E-state index in [0.29, 0.717) is 19.3 Å². The Bertz CT molecular complexity index is 954. The van der Waals surface area contributed by atoms with Crippen LogP contribution in [0.15, 0.2) is 54.6 Å². The zero-order valence-electron chi connectivity index (χ0n) is 18.2. The van der Waals surface area contributed by atoms with Gasteiger partial charge in [0.15, 0.2) is 0 Å². The fourth-order valence-electron chi connectivity index (χ4n) is 5.01. The van der Waals surface area contributed by atoms with Gasteiger partial charge in [0.2, 0.25) is 11.8 Å². The Morgan fingerprint density at radius 3 is 2.34 bits per heavy atom. The molecule has 3 heterocycles. The Morgan fingerprint density at radius 2 is 1.69 bits per heavy atom. The molecule has 0 aromatic heterocycles. The van der Waals surface area contributed by atoms with Crippen LogP contribution in [0.5, 0.6) is 0 Å². The number of nitrogens with zero attached hydrogens (tertiary/aromatic N) is 2. The predicted octanol–water partition coefficient (Wildman–Crippen LogP) is 3.70. The molecule has 5 rings (SSSR count). The molecule has 3 aliphatic heterocycles. The van der Waals surface area contributed by atoms with Gasteiger partial charge in [0.1, 0.15) is 5.54 Å². The Balaban J connectivity index is 1.36. The summed E-state index contributed by atoms with van der Waals surface area (Å²) in [7, 11) is 0. The molecule has 2 aromatic rings. The highest BCUT2D eigenvalue weighted by molar-refractivity contribution is 7.99. The molecule has 3 aliphatic rings. The third kappa shape index (κ3) is 3.99. The van der Waals surface area contributed by atoms with Crippen LogP contribution in [0.3, 0.4) is 0 Å². The number of nitrogens with one attached hydrogen (secondary N) is 1. The van der Waals surface area contributed by atoms with Crippen molar-refractivity contribution in [2.75, 3.05) is 48.0 Å². The van der Waals surface area contributed by atoms with Crippen LogP contribution in [0, 0.1) is 0 Å². The SMILES string of the molecule is O=C1CC(c2ccccc2)N1C1(C(=O)Nc2ccc(N3CCOCC3)cc2)CCSCC1. The third-order valence-corrected chi connectivity index (χ3v) is 7.82. The second-order valence-electron chi connectivity index (χ2n) is 8.64. The third-order valence-electron chi connectivity index (χ3n) is 6.84. The summed E-state index contributed by atoms with van der Waals surface area (Å²) in [6, 6.07) is 18.1. The number of β-lactam (4-membered cyclic amide) rings is 1. The van der Waals surface area contributed by atoms with Crippen molar-refractivity contribution in [1.82, 2.24) is 4.90 Å². The lowest BCUT2D eigenvalue weighted by Gasteiger charge is -2.53. The minimum absolute atomic E-state index is 0.0266. The van der Waals surface area contributed by atoms with Gasteiger partial charge in [0.05, 0.1) is 25.7 Å². The maximum atomic E-state index is 13.7. The quantitative estimate of drug-likeness (QED) is 0.703. The first-order valence-corrected chi connectivity index (χ1v) is 12.5. The van der Waals surface area contributed by atoms with Crippen molar-refractivity contribution in [3.05, 3.63) is 60.2 Å². The number of rotatable bonds is 5. The molecule has 0 spiro atoms. The van der Waals surface area contributed by atoms with Crippen LogP contribution in [-0.2, 0) is 14.3 Å². The zero-order chi connectivity index (χ0) is 22.0. The lowest BCUT2D eigenvalue weighted by atomic mass is 9.80. The van der Waals surface area contributed by atoms with Gasteiger partial charge in [-0.1, -0.05) is 30.3 Å². The van der Waals surface area contributed by atoms with Crippen LogP contribution in [0.1, 0.15) is 30.9 Å². The van der Waals surface area contributed by atoms with Gasteiger partial charge in [-0.2, -0.15) is 11.8 Å². The van der Waals surface area contributed by atoms with E-state index in [1.54, 1.807) is 0 Å². The Morgan fingerprint density at radius 1 is 1.00 bits per heavy atom. The molecule has 168 valence electrons. The van der Waals surface area contributed by atoms with Crippen LogP contribution in [0.25, 0.3) is 0 Å². The molecule has 2 amide bonds. The number of thioether (sulfide) groups is 1. The van der Waals surface area contributed by atoms with Gasteiger partial charge in [-0.15, -0.1) is 0 Å². The highest BCUT2D eigenvalue weighted by atomic mass is 32.2. The first-order chi connectivity index (χ1) is 15.7.